The molecule has 192 valence electrons. The molecule has 2 aromatic carbocycles. The average molecular weight is 504 g/mol. The first-order chi connectivity index (χ1) is 18.1. The van der Waals surface area contributed by atoms with Crippen molar-refractivity contribution in [3.8, 4) is 0 Å². The summed E-state index contributed by atoms with van der Waals surface area (Å²) in [6.45, 7) is 6.16. The van der Waals surface area contributed by atoms with E-state index in [2.05, 4.69) is 30.3 Å². The number of H-pyrrole nitrogens is 1. The zero-order valence-electron chi connectivity index (χ0n) is 20.8. The highest BCUT2D eigenvalue weighted by atomic mass is 19.1. The van der Waals surface area contributed by atoms with Crippen LogP contribution in [-0.2, 0) is 11.3 Å². The highest BCUT2D eigenvalue weighted by molar-refractivity contribution is 5.82. The molecule has 2 aliphatic rings. The fourth-order valence-corrected chi connectivity index (χ4v) is 5.51. The van der Waals surface area contributed by atoms with Gasteiger partial charge in [-0.1, -0.05) is 18.2 Å². The molecule has 10 heteroatoms. The summed E-state index contributed by atoms with van der Waals surface area (Å²) in [6, 6.07) is 14.1. The monoisotopic (exact) mass is 503 g/mol. The number of aryl methyl sites for hydroxylation is 1. The van der Waals surface area contributed by atoms with E-state index in [1.165, 1.54) is 12.1 Å². The second kappa shape index (κ2) is 10.0. The van der Waals surface area contributed by atoms with Crippen LogP contribution in [-0.4, -0.2) is 69.0 Å². The van der Waals surface area contributed by atoms with Crippen molar-refractivity contribution in [3.05, 3.63) is 81.7 Å². The Balaban J connectivity index is 1.36. The number of aromatic amines is 1. The number of nitrogens with zero attached hydrogens (tertiary/aromatic N) is 6. The molecular formula is C27H30FN7O2. The summed E-state index contributed by atoms with van der Waals surface area (Å²) in [5.41, 5.74) is 3.33. The lowest BCUT2D eigenvalue weighted by Crippen LogP contribution is -2.49. The smallest absolute Gasteiger partial charge is 0.253 e. The van der Waals surface area contributed by atoms with Gasteiger partial charge in [0.25, 0.3) is 5.56 Å². The van der Waals surface area contributed by atoms with Gasteiger partial charge in [0, 0.05) is 44.0 Å². The van der Waals surface area contributed by atoms with Crippen molar-refractivity contribution in [2.45, 2.75) is 38.5 Å². The molecule has 9 nitrogen and oxygen atoms in total. The van der Waals surface area contributed by atoms with Crippen molar-refractivity contribution >= 4 is 16.6 Å². The normalized spacial score (nSPS) is 19.5. The Morgan fingerprint density at radius 3 is 2.70 bits per heavy atom. The van der Waals surface area contributed by atoms with Crippen LogP contribution in [0.25, 0.3) is 10.9 Å². The number of para-hydroxylation sites is 1. The molecule has 37 heavy (non-hydrogen) atoms. The quantitative estimate of drug-likeness (QED) is 0.432. The van der Waals surface area contributed by atoms with Crippen LogP contribution in [0.2, 0.25) is 0 Å². The number of tetrazole rings is 1. The maximum Gasteiger partial charge on any atom is 0.253 e. The van der Waals surface area contributed by atoms with Crippen molar-refractivity contribution in [1.29, 1.82) is 0 Å². The zero-order chi connectivity index (χ0) is 25.4. The molecule has 4 heterocycles. The Morgan fingerprint density at radius 1 is 1.14 bits per heavy atom. The highest BCUT2D eigenvalue weighted by Crippen LogP contribution is 2.30. The van der Waals surface area contributed by atoms with Gasteiger partial charge in [-0.25, -0.2) is 9.07 Å². The summed E-state index contributed by atoms with van der Waals surface area (Å²) >= 11 is 0. The third kappa shape index (κ3) is 4.74. The van der Waals surface area contributed by atoms with E-state index in [1.54, 1.807) is 16.8 Å². The van der Waals surface area contributed by atoms with Gasteiger partial charge in [-0.15, -0.1) is 5.10 Å². The second-order valence-electron chi connectivity index (χ2n) is 9.85. The second-order valence-corrected chi connectivity index (χ2v) is 9.85. The van der Waals surface area contributed by atoms with E-state index >= 15 is 0 Å². The van der Waals surface area contributed by atoms with Crippen LogP contribution in [0.4, 0.5) is 10.1 Å². The fourth-order valence-electron chi connectivity index (χ4n) is 5.51. The van der Waals surface area contributed by atoms with E-state index in [9.17, 15) is 9.18 Å². The minimum absolute atomic E-state index is 0.0655. The Labute approximate surface area is 213 Å². The molecule has 2 fully saturated rings. The predicted molar refractivity (Wildman–Crippen MR) is 138 cm³/mol. The van der Waals surface area contributed by atoms with Crippen LogP contribution in [0.3, 0.4) is 0 Å². The Kier molecular flexibility index (Phi) is 6.43. The first-order valence-electron chi connectivity index (χ1n) is 12.8. The molecule has 4 aromatic rings. The molecule has 2 atom stereocenters. The number of pyridine rings is 1. The van der Waals surface area contributed by atoms with Crippen molar-refractivity contribution in [1.82, 2.24) is 30.1 Å². The van der Waals surface area contributed by atoms with E-state index in [4.69, 9.17) is 4.74 Å². The van der Waals surface area contributed by atoms with Crippen LogP contribution in [0.15, 0.2) is 53.3 Å². The van der Waals surface area contributed by atoms with E-state index in [0.717, 1.165) is 54.7 Å². The van der Waals surface area contributed by atoms with Crippen molar-refractivity contribution in [2.75, 3.05) is 37.7 Å². The number of fused-ring (bicyclic) bond motifs is 1. The number of rotatable bonds is 6. The van der Waals surface area contributed by atoms with Crippen LogP contribution in [0.5, 0.6) is 0 Å². The van der Waals surface area contributed by atoms with Crippen molar-refractivity contribution in [3.63, 3.8) is 0 Å². The molecule has 0 amide bonds. The summed E-state index contributed by atoms with van der Waals surface area (Å²) in [4.78, 5) is 21.1. The molecule has 1 N–H and O–H groups in total. The molecule has 2 saturated heterocycles. The number of hydrogen-bond acceptors (Lipinski definition) is 7. The lowest BCUT2D eigenvalue weighted by atomic mass is 10.0. The van der Waals surface area contributed by atoms with E-state index < -0.39 is 6.04 Å². The Bertz CT molecular complexity index is 1440. The van der Waals surface area contributed by atoms with Gasteiger partial charge in [0.05, 0.1) is 18.2 Å². The van der Waals surface area contributed by atoms with Gasteiger partial charge in [0.1, 0.15) is 11.9 Å². The molecule has 0 unspecified atom stereocenters. The Morgan fingerprint density at radius 2 is 1.95 bits per heavy atom. The first kappa shape index (κ1) is 23.7. The molecule has 0 saturated carbocycles. The van der Waals surface area contributed by atoms with Gasteiger partial charge in [-0.3, -0.25) is 9.69 Å². The number of aromatic nitrogens is 5. The van der Waals surface area contributed by atoms with Crippen molar-refractivity contribution in [2.24, 2.45) is 0 Å². The minimum atomic E-state index is -0.416. The Hall–Kier alpha value is -3.63. The summed E-state index contributed by atoms with van der Waals surface area (Å²) in [7, 11) is 0. The van der Waals surface area contributed by atoms with Gasteiger partial charge in [-0.05, 0) is 71.5 Å². The average Bonchev–Trinajstić information content (AvgIpc) is 3.59. The summed E-state index contributed by atoms with van der Waals surface area (Å²) in [6.07, 6.45) is 2.06. The fraction of sp³-hybridized carbons (Fsp3) is 0.407. The lowest BCUT2D eigenvalue weighted by molar-refractivity contribution is 0.0906. The van der Waals surface area contributed by atoms with Gasteiger partial charge in [-0.2, -0.15) is 0 Å². The molecule has 0 spiro atoms. The number of anilines is 1. The highest BCUT2D eigenvalue weighted by Gasteiger charge is 2.33. The minimum Gasteiger partial charge on any atom is -0.376 e. The molecule has 2 aromatic heterocycles. The number of nitrogens with one attached hydrogen (secondary N) is 1. The van der Waals surface area contributed by atoms with E-state index in [1.807, 2.05) is 31.2 Å². The standard InChI is InChI=1S/C27H30FN7O2/c1-18-4-2-5-19-16-23(27(36)29-24(18)19)25(26-30-31-32-35(26)17-22-6-3-15-37-22)34-13-11-33(12-14-34)21-9-7-20(28)8-10-21/h2,4-5,7-10,16,22,25H,3,6,11-15,17H2,1H3,(H,29,36)/t22-,25-/m0/s1. The maximum absolute atomic E-state index is 13.5. The number of hydrogen-bond donors (Lipinski definition) is 1. The molecule has 0 bridgehead atoms. The van der Waals surface area contributed by atoms with E-state index in [-0.39, 0.29) is 17.5 Å². The molecule has 2 aliphatic heterocycles. The largest absolute Gasteiger partial charge is 0.376 e. The summed E-state index contributed by atoms with van der Waals surface area (Å²) in [5.74, 6) is 0.398. The molecule has 0 aliphatic carbocycles. The lowest BCUT2D eigenvalue weighted by Gasteiger charge is -2.39. The van der Waals surface area contributed by atoms with Crippen LogP contribution >= 0.6 is 0 Å². The zero-order valence-corrected chi connectivity index (χ0v) is 20.8. The molecule has 6 rings (SSSR count). The number of piperazine rings is 1. The summed E-state index contributed by atoms with van der Waals surface area (Å²) < 4.78 is 21.1. The topological polar surface area (TPSA) is 92.2 Å². The third-order valence-corrected chi connectivity index (χ3v) is 7.49. The molecule has 0 radical (unpaired) electrons. The van der Waals surface area contributed by atoms with Gasteiger partial charge < -0.3 is 14.6 Å². The maximum atomic E-state index is 13.5. The number of ether oxygens (including phenoxy) is 1. The predicted octanol–water partition coefficient (Wildman–Crippen LogP) is 3.05. The van der Waals surface area contributed by atoms with Gasteiger partial charge >= 0.3 is 0 Å². The van der Waals surface area contributed by atoms with Gasteiger partial charge in [0.15, 0.2) is 5.82 Å². The molecular weight excluding hydrogens is 473 g/mol. The third-order valence-electron chi connectivity index (χ3n) is 7.49. The van der Waals surface area contributed by atoms with Crippen LogP contribution in [0.1, 0.15) is 35.8 Å². The van der Waals surface area contributed by atoms with Crippen LogP contribution in [0, 0.1) is 12.7 Å². The SMILES string of the molecule is Cc1cccc2cc([C@@H](c3nnnn3C[C@@H]3CCCO3)N3CCN(c4ccc(F)cc4)CC3)c(=O)[nH]c12. The van der Waals surface area contributed by atoms with E-state index in [0.29, 0.717) is 31.0 Å². The first-order valence-corrected chi connectivity index (χ1v) is 12.8. The van der Waals surface area contributed by atoms with Crippen LogP contribution < -0.4 is 10.5 Å². The van der Waals surface area contributed by atoms with Crippen molar-refractivity contribution < 1.29 is 9.13 Å². The van der Waals surface area contributed by atoms with Gasteiger partial charge in [0.2, 0.25) is 0 Å². The number of benzene rings is 2. The summed E-state index contributed by atoms with van der Waals surface area (Å²) in [5, 5.41) is 13.7. The number of halogens is 1.